The third-order valence-electron chi connectivity index (χ3n) is 4.84. The van der Waals surface area contributed by atoms with Gasteiger partial charge in [0.25, 0.3) is 0 Å². The van der Waals surface area contributed by atoms with E-state index in [2.05, 4.69) is 34.7 Å². The number of benzene rings is 1. The molecule has 2 heterocycles. The summed E-state index contributed by atoms with van der Waals surface area (Å²) in [5, 5.41) is 10.4. The maximum absolute atomic E-state index is 13.0. The second-order valence-corrected chi connectivity index (χ2v) is 7.71. The highest BCUT2D eigenvalue weighted by atomic mass is 32.1. The van der Waals surface area contributed by atoms with Gasteiger partial charge < -0.3 is 15.5 Å². The van der Waals surface area contributed by atoms with Crippen LogP contribution in [0.3, 0.4) is 0 Å². The summed E-state index contributed by atoms with van der Waals surface area (Å²) in [5.41, 5.74) is 0.467. The molecule has 2 aliphatic heterocycles. The highest BCUT2D eigenvalue weighted by molar-refractivity contribution is 7.80. The number of nitrogens with zero attached hydrogens (tertiary/aromatic N) is 1. The van der Waals surface area contributed by atoms with E-state index in [9.17, 15) is 9.18 Å². The third-order valence-corrected chi connectivity index (χ3v) is 5.20. The molecule has 0 radical (unpaired) electrons. The van der Waals surface area contributed by atoms with Crippen molar-refractivity contribution in [2.45, 2.75) is 44.8 Å². The fourth-order valence-corrected chi connectivity index (χ4v) is 3.79. The van der Waals surface area contributed by atoms with Crippen LogP contribution in [0.1, 0.15) is 33.1 Å². The first kappa shape index (κ1) is 18.1. The van der Waals surface area contributed by atoms with Crippen molar-refractivity contribution in [3.05, 3.63) is 30.1 Å². The molecule has 0 aliphatic carbocycles. The van der Waals surface area contributed by atoms with E-state index in [0.717, 1.165) is 38.0 Å². The number of hydrogen-bond donors (Lipinski definition) is 3. The average Bonchev–Trinajstić information content (AvgIpc) is 2.85. The summed E-state index contributed by atoms with van der Waals surface area (Å²) < 4.78 is 13.0. The first-order chi connectivity index (χ1) is 11.9. The molecule has 1 amide bonds. The lowest BCUT2D eigenvalue weighted by molar-refractivity contribution is -0.121. The molecule has 0 saturated carbocycles. The number of nitrogens with one attached hydrogen (secondary N) is 3. The number of rotatable bonds is 3. The second kappa shape index (κ2) is 7.25. The topological polar surface area (TPSA) is 56.4 Å². The number of amides is 1. The van der Waals surface area contributed by atoms with Gasteiger partial charge >= 0.3 is 0 Å². The molecule has 3 N–H and O–H groups in total. The minimum atomic E-state index is -0.307. The van der Waals surface area contributed by atoms with Crippen LogP contribution in [0.5, 0.6) is 0 Å². The molecule has 2 fully saturated rings. The van der Waals surface area contributed by atoms with Crippen LogP contribution in [-0.2, 0) is 4.79 Å². The number of piperidine rings is 1. The van der Waals surface area contributed by atoms with E-state index in [1.54, 1.807) is 12.1 Å². The molecule has 0 aromatic heterocycles. The smallest absolute Gasteiger partial charge is 0.238 e. The number of halogens is 1. The van der Waals surface area contributed by atoms with Crippen molar-refractivity contribution in [2.24, 2.45) is 5.92 Å². The van der Waals surface area contributed by atoms with E-state index >= 15 is 0 Å². The fraction of sp³-hybridized carbons (Fsp3) is 0.556. The largest absolute Gasteiger partial charge is 0.349 e. The Labute approximate surface area is 153 Å². The van der Waals surface area contributed by atoms with Gasteiger partial charge in [0.2, 0.25) is 5.91 Å². The fourth-order valence-electron chi connectivity index (χ4n) is 3.49. The molecular formula is C18H25FN4OS. The van der Waals surface area contributed by atoms with Gasteiger partial charge in [-0.15, -0.1) is 0 Å². The van der Waals surface area contributed by atoms with Crippen LogP contribution in [0, 0.1) is 11.7 Å². The predicted octanol–water partition coefficient (Wildman–Crippen LogP) is 2.45. The summed E-state index contributed by atoms with van der Waals surface area (Å²) in [5.74, 6) is 0.315. The Morgan fingerprint density at radius 1 is 1.36 bits per heavy atom. The number of thiocarbonyl (C=S) groups is 1. The van der Waals surface area contributed by atoms with Crippen molar-refractivity contribution in [1.29, 1.82) is 0 Å². The zero-order valence-corrected chi connectivity index (χ0v) is 15.5. The number of carbonyl (C=O) groups is 1. The van der Waals surface area contributed by atoms with Gasteiger partial charge in [0.05, 0.1) is 11.7 Å². The van der Waals surface area contributed by atoms with Crippen molar-refractivity contribution in [3.63, 3.8) is 0 Å². The van der Waals surface area contributed by atoms with Gasteiger partial charge in [-0.1, -0.05) is 13.8 Å². The van der Waals surface area contributed by atoms with Crippen LogP contribution < -0.4 is 16.0 Å². The second-order valence-electron chi connectivity index (χ2n) is 7.32. The molecule has 7 heteroatoms. The molecule has 3 rings (SSSR count). The normalized spacial score (nSPS) is 22.3. The summed E-state index contributed by atoms with van der Waals surface area (Å²) >= 11 is 5.47. The van der Waals surface area contributed by atoms with E-state index in [4.69, 9.17) is 12.2 Å². The Hall–Kier alpha value is -1.73. The molecule has 1 unspecified atom stereocenters. The van der Waals surface area contributed by atoms with Crippen LogP contribution in [0.25, 0.3) is 0 Å². The molecule has 1 atom stereocenters. The number of hydrogen-bond acceptors (Lipinski definition) is 3. The van der Waals surface area contributed by atoms with Crippen molar-refractivity contribution in [1.82, 2.24) is 15.5 Å². The van der Waals surface area contributed by atoms with Gasteiger partial charge in [0, 0.05) is 31.6 Å². The lowest BCUT2D eigenvalue weighted by Crippen LogP contribution is -2.58. The zero-order valence-electron chi connectivity index (χ0n) is 14.6. The minimum Gasteiger partial charge on any atom is -0.349 e. The van der Waals surface area contributed by atoms with Crippen LogP contribution in [0.4, 0.5) is 10.1 Å². The van der Waals surface area contributed by atoms with Crippen molar-refractivity contribution in [3.8, 4) is 0 Å². The summed E-state index contributed by atoms with van der Waals surface area (Å²) in [4.78, 5) is 14.3. The maximum atomic E-state index is 13.0. The maximum Gasteiger partial charge on any atom is 0.238 e. The molecule has 5 nitrogen and oxygen atoms in total. The molecule has 1 spiro atoms. The standard InChI is InChI=1S/C18H25FN4OS/c1-12(2)11-15-16(24)22-18(21-15)7-9-23(10-8-18)17(25)20-14-5-3-13(19)4-6-14/h3-6,12,15,21H,7-11H2,1-2H3,(H,20,25)(H,22,24). The number of anilines is 1. The van der Waals surface area contributed by atoms with E-state index in [0.29, 0.717) is 11.0 Å². The molecule has 25 heavy (non-hydrogen) atoms. The van der Waals surface area contributed by atoms with Crippen molar-refractivity contribution >= 4 is 28.9 Å². The summed E-state index contributed by atoms with van der Waals surface area (Å²) in [6.07, 6.45) is 2.46. The van der Waals surface area contributed by atoms with Crippen LogP contribution >= 0.6 is 12.2 Å². The minimum absolute atomic E-state index is 0.101. The van der Waals surface area contributed by atoms with Crippen LogP contribution in [-0.4, -0.2) is 40.7 Å². The quantitative estimate of drug-likeness (QED) is 0.720. The SMILES string of the molecule is CC(C)CC1NC2(CCN(C(=S)Nc3ccc(F)cc3)CC2)NC1=O. The van der Waals surface area contributed by atoms with Crippen molar-refractivity contribution < 1.29 is 9.18 Å². The van der Waals surface area contributed by atoms with E-state index in [-0.39, 0.29) is 23.4 Å². The first-order valence-electron chi connectivity index (χ1n) is 8.78. The first-order valence-corrected chi connectivity index (χ1v) is 9.19. The van der Waals surface area contributed by atoms with Gasteiger partial charge in [-0.05, 0) is 48.8 Å². The Kier molecular flexibility index (Phi) is 5.24. The van der Waals surface area contributed by atoms with Crippen LogP contribution in [0.15, 0.2) is 24.3 Å². The molecule has 136 valence electrons. The Morgan fingerprint density at radius 2 is 2.00 bits per heavy atom. The highest BCUT2D eigenvalue weighted by Gasteiger charge is 2.45. The van der Waals surface area contributed by atoms with Gasteiger partial charge in [-0.2, -0.15) is 0 Å². The number of carbonyl (C=O) groups excluding carboxylic acids is 1. The Morgan fingerprint density at radius 3 is 2.60 bits per heavy atom. The third kappa shape index (κ3) is 4.27. The molecule has 1 aromatic rings. The van der Waals surface area contributed by atoms with E-state index in [1.807, 2.05) is 0 Å². The summed E-state index contributed by atoms with van der Waals surface area (Å²) in [6.45, 7) is 5.77. The lowest BCUT2D eigenvalue weighted by Gasteiger charge is -2.40. The molecular weight excluding hydrogens is 339 g/mol. The van der Waals surface area contributed by atoms with Crippen LogP contribution in [0.2, 0.25) is 0 Å². The van der Waals surface area contributed by atoms with Gasteiger partial charge in [-0.25, -0.2) is 4.39 Å². The predicted molar refractivity (Wildman–Crippen MR) is 101 cm³/mol. The average molecular weight is 364 g/mol. The van der Waals surface area contributed by atoms with Crippen molar-refractivity contribution in [2.75, 3.05) is 18.4 Å². The zero-order chi connectivity index (χ0) is 18.0. The Bertz CT molecular complexity index is 641. The molecule has 0 bridgehead atoms. The van der Waals surface area contributed by atoms with Gasteiger partial charge in [-0.3, -0.25) is 10.1 Å². The summed E-state index contributed by atoms with van der Waals surface area (Å²) in [7, 11) is 0. The van der Waals surface area contributed by atoms with Gasteiger partial charge in [0.15, 0.2) is 5.11 Å². The number of likely N-dealkylation sites (tertiary alicyclic amines) is 1. The van der Waals surface area contributed by atoms with Gasteiger partial charge in [0.1, 0.15) is 5.82 Å². The van der Waals surface area contributed by atoms with E-state index < -0.39 is 0 Å². The van der Waals surface area contributed by atoms with E-state index in [1.165, 1.54) is 12.1 Å². The molecule has 1 aromatic carbocycles. The highest BCUT2D eigenvalue weighted by Crippen LogP contribution is 2.26. The Balaban J connectivity index is 1.54. The monoisotopic (exact) mass is 364 g/mol. The molecule has 2 aliphatic rings. The lowest BCUT2D eigenvalue weighted by atomic mass is 9.97. The summed E-state index contributed by atoms with van der Waals surface area (Å²) in [6, 6.07) is 6.05. The molecule has 2 saturated heterocycles.